The number of aromatic nitrogens is 3. The molecule has 1 fully saturated rings. The Kier molecular flexibility index (Phi) is 6.00. The van der Waals surface area contributed by atoms with Gasteiger partial charge < -0.3 is 15.0 Å². The fourth-order valence-electron chi connectivity index (χ4n) is 4.78. The number of fused-ring (bicyclic) bond motifs is 1. The SMILES string of the molecule is Cc1c(Cc2ccc(-c3cscn3)cc2)cc(C(=O)N[C@@H]2CCCC[C@H]2O)c2c1ncn2C. The van der Waals surface area contributed by atoms with Crippen molar-refractivity contribution in [3.63, 3.8) is 0 Å². The Hall–Kier alpha value is -3.03. The van der Waals surface area contributed by atoms with Crippen LogP contribution in [0.2, 0.25) is 0 Å². The number of benzene rings is 2. The monoisotopic (exact) mass is 460 g/mol. The van der Waals surface area contributed by atoms with E-state index in [9.17, 15) is 9.90 Å². The van der Waals surface area contributed by atoms with Crippen LogP contribution in [0.5, 0.6) is 0 Å². The third kappa shape index (κ3) is 4.30. The molecular weight excluding hydrogens is 432 g/mol. The van der Waals surface area contributed by atoms with E-state index in [4.69, 9.17) is 0 Å². The number of amides is 1. The van der Waals surface area contributed by atoms with Crippen LogP contribution < -0.4 is 5.32 Å². The van der Waals surface area contributed by atoms with Crippen molar-refractivity contribution in [2.45, 2.75) is 51.2 Å². The maximum absolute atomic E-state index is 13.3. The summed E-state index contributed by atoms with van der Waals surface area (Å²) in [5.41, 5.74) is 9.56. The molecule has 1 aliphatic rings. The van der Waals surface area contributed by atoms with Gasteiger partial charge in [0.05, 0.1) is 46.3 Å². The second-order valence-corrected chi connectivity index (χ2v) is 9.66. The lowest BCUT2D eigenvalue weighted by atomic mass is 9.92. The molecule has 4 aromatic rings. The molecule has 2 N–H and O–H groups in total. The predicted octanol–water partition coefficient (Wildman–Crippen LogP) is 4.63. The molecule has 0 spiro atoms. The molecule has 170 valence electrons. The Labute approximate surface area is 197 Å². The van der Waals surface area contributed by atoms with E-state index in [-0.39, 0.29) is 11.9 Å². The van der Waals surface area contributed by atoms with E-state index in [1.165, 1.54) is 5.56 Å². The maximum atomic E-state index is 13.3. The van der Waals surface area contributed by atoms with Gasteiger partial charge in [0.15, 0.2) is 0 Å². The average molecular weight is 461 g/mol. The van der Waals surface area contributed by atoms with Crippen molar-refractivity contribution in [3.05, 3.63) is 69.8 Å². The molecular formula is C26H28N4O2S. The first-order chi connectivity index (χ1) is 16.0. The second-order valence-electron chi connectivity index (χ2n) is 8.94. The van der Waals surface area contributed by atoms with Gasteiger partial charge in [0.1, 0.15) is 0 Å². The Bertz CT molecular complexity index is 1280. The number of carbonyl (C=O) groups is 1. The molecule has 2 aromatic carbocycles. The van der Waals surface area contributed by atoms with Crippen LogP contribution in [0.1, 0.15) is 52.7 Å². The number of aryl methyl sites for hydroxylation is 2. The normalized spacial score (nSPS) is 18.5. The minimum atomic E-state index is -0.481. The number of nitrogens with one attached hydrogen (secondary N) is 1. The highest BCUT2D eigenvalue weighted by molar-refractivity contribution is 7.07. The molecule has 1 aliphatic carbocycles. The molecule has 2 atom stereocenters. The van der Waals surface area contributed by atoms with Gasteiger partial charge in [0.2, 0.25) is 0 Å². The zero-order chi connectivity index (χ0) is 22.9. The molecule has 0 unspecified atom stereocenters. The molecule has 5 rings (SSSR count). The van der Waals surface area contributed by atoms with E-state index in [2.05, 4.69) is 46.5 Å². The van der Waals surface area contributed by atoms with E-state index in [0.29, 0.717) is 12.0 Å². The highest BCUT2D eigenvalue weighted by atomic mass is 32.1. The lowest BCUT2D eigenvalue weighted by Crippen LogP contribution is -2.45. The molecule has 7 heteroatoms. The largest absolute Gasteiger partial charge is 0.391 e. The maximum Gasteiger partial charge on any atom is 0.253 e. The van der Waals surface area contributed by atoms with Crippen molar-refractivity contribution in [1.82, 2.24) is 19.9 Å². The quantitative estimate of drug-likeness (QED) is 0.455. The van der Waals surface area contributed by atoms with Gasteiger partial charge in [-0.2, -0.15) is 0 Å². The van der Waals surface area contributed by atoms with Crippen LogP contribution in [0.3, 0.4) is 0 Å². The molecule has 1 amide bonds. The van der Waals surface area contributed by atoms with E-state index < -0.39 is 6.10 Å². The van der Waals surface area contributed by atoms with E-state index >= 15 is 0 Å². The third-order valence-corrected chi connectivity index (χ3v) is 7.30. The summed E-state index contributed by atoms with van der Waals surface area (Å²) in [5, 5.41) is 15.5. The number of nitrogens with zero attached hydrogens (tertiary/aromatic N) is 3. The first-order valence-corrected chi connectivity index (χ1v) is 12.4. The van der Waals surface area contributed by atoms with Gasteiger partial charge in [0, 0.05) is 18.0 Å². The standard InChI is InChI=1S/C26H28N4O2S/c1-16-19(11-17-7-9-18(10-8-17)22-13-33-15-28-22)12-20(25-24(16)27-14-30(25)2)26(32)29-21-5-3-4-6-23(21)31/h7-10,12-15,21,23,31H,3-6,11H2,1-2H3,(H,29,32)/t21-,23-/m1/s1. The Morgan fingerprint density at radius 1 is 1.21 bits per heavy atom. The summed E-state index contributed by atoms with van der Waals surface area (Å²) in [5.74, 6) is -0.144. The minimum Gasteiger partial charge on any atom is -0.391 e. The van der Waals surface area contributed by atoms with Crippen molar-refractivity contribution in [3.8, 4) is 11.3 Å². The molecule has 0 radical (unpaired) electrons. The van der Waals surface area contributed by atoms with Crippen LogP contribution in [-0.4, -0.2) is 37.7 Å². The van der Waals surface area contributed by atoms with Crippen molar-refractivity contribution < 1.29 is 9.90 Å². The second kappa shape index (κ2) is 9.08. The van der Waals surface area contributed by atoms with Gasteiger partial charge in [-0.05, 0) is 48.9 Å². The summed E-state index contributed by atoms with van der Waals surface area (Å²) in [6.07, 6.45) is 5.58. The van der Waals surface area contributed by atoms with Crippen LogP contribution in [0.4, 0.5) is 0 Å². The van der Waals surface area contributed by atoms with Crippen LogP contribution in [-0.2, 0) is 13.5 Å². The zero-order valence-corrected chi connectivity index (χ0v) is 19.7. The predicted molar refractivity (Wildman–Crippen MR) is 132 cm³/mol. The summed E-state index contributed by atoms with van der Waals surface area (Å²) in [6, 6.07) is 10.2. The summed E-state index contributed by atoms with van der Waals surface area (Å²) in [4.78, 5) is 22.3. The highest BCUT2D eigenvalue weighted by Gasteiger charge is 2.26. The minimum absolute atomic E-state index is 0.144. The number of carbonyl (C=O) groups excluding carboxylic acids is 1. The van der Waals surface area contributed by atoms with E-state index in [0.717, 1.165) is 59.1 Å². The number of rotatable bonds is 5. The van der Waals surface area contributed by atoms with Crippen molar-refractivity contribution in [2.75, 3.05) is 0 Å². The summed E-state index contributed by atoms with van der Waals surface area (Å²) < 4.78 is 1.90. The van der Waals surface area contributed by atoms with E-state index in [1.807, 2.05) is 28.6 Å². The fraction of sp³-hybridized carbons (Fsp3) is 0.346. The highest BCUT2D eigenvalue weighted by Crippen LogP contribution is 2.28. The topological polar surface area (TPSA) is 80.0 Å². The lowest BCUT2D eigenvalue weighted by Gasteiger charge is -2.28. The number of aliphatic hydroxyl groups excluding tert-OH is 1. The zero-order valence-electron chi connectivity index (χ0n) is 18.9. The summed E-state index contributed by atoms with van der Waals surface area (Å²) >= 11 is 1.59. The number of thiazole rings is 1. The van der Waals surface area contributed by atoms with Gasteiger partial charge in [-0.1, -0.05) is 37.1 Å². The number of hydrogen-bond acceptors (Lipinski definition) is 5. The number of imidazole rings is 1. The number of hydrogen-bond donors (Lipinski definition) is 2. The summed E-state index contributed by atoms with van der Waals surface area (Å²) in [6.45, 7) is 2.07. The van der Waals surface area contributed by atoms with Gasteiger partial charge in [-0.3, -0.25) is 4.79 Å². The Morgan fingerprint density at radius 2 is 2.00 bits per heavy atom. The molecule has 0 bridgehead atoms. The van der Waals surface area contributed by atoms with Crippen LogP contribution in [0.15, 0.2) is 47.5 Å². The molecule has 33 heavy (non-hydrogen) atoms. The van der Waals surface area contributed by atoms with Crippen molar-refractivity contribution in [1.29, 1.82) is 0 Å². The fourth-order valence-corrected chi connectivity index (χ4v) is 5.34. The van der Waals surface area contributed by atoms with Crippen LogP contribution in [0, 0.1) is 6.92 Å². The van der Waals surface area contributed by atoms with Gasteiger partial charge >= 0.3 is 0 Å². The first-order valence-electron chi connectivity index (χ1n) is 11.4. The average Bonchev–Trinajstić information content (AvgIpc) is 3.48. The number of aliphatic hydroxyl groups is 1. The first kappa shape index (κ1) is 21.8. The van der Waals surface area contributed by atoms with Crippen LogP contribution in [0.25, 0.3) is 22.3 Å². The van der Waals surface area contributed by atoms with Crippen LogP contribution >= 0.6 is 11.3 Å². The van der Waals surface area contributed by atoms with Gasteiger partial charge in [-0.25, -0.2) is 9.97 Å². The van der Waals surface area contributed by atoms with Gasteiger partial charge in [-0.15, -0.1) is 11.3 Å². The molecule has 6 nitrogen and oxygen atoms in total. The Balaban J connectivity index is 1.47. The molecule has 0 aliphatic heterocycles. The summed E-state index contributed by atoms with van der Waals surface area (Å²) in [7, 11) is 1.91. The Morgan fingerprint density at radius 3 is 2.73 bits per heavy atom. The third-order valence-electron chi connectivity index (χ3n) is 6.71. The lowest BCUT2D eigenvalue weighted by molar-refractivity contribution is 0.0718. The smallest absolute Gasteiger partial charge is 0.253 e. The van der Waals surface area contributed by atoms with Crippen molar-refractivity contribution in [2.24, 2.45) is 7.05 Å². The van der Waals surface area contributed by atoms with Gasteiger partial charge in [0.25, 0.3) is 5.91 Å². The van der Waals surface area contributed by atoms with Crippen molar-refractivity contribution >= 4 is 28.3 Å². The molecule has 2 heterocycles. The molecule has 1 saturated carbocycles. The molecule has 2 aromatic heterocycles. The van der Waals surface area contributed by atoms with E-state index in [1.54, 1.807) is 17.7 Å². The molecule has 0 saturated heterocycles.